The van der Waals surface area contributed by atoms with Crippen molar-refractivity contribution in [2.75, 3.05) is 7.11 Å². The molecule has 0 aromatic carbocycles. The maximum absolute atomic E-state index is 11.3. The maximum atomic E-state index is 11.3. The molecule has 0 fully saturated rings. The normalized spacial score (nSPS) is 11.9. The molecule has 0 aliphatic heterocycles. The Labute approximate surface area is 85.6 Å². The number of amides is 1. The number of methoxy groups -OCH3 is 1. The smallest absolute Gasteiger partial charge is 0.328 e. The summed E-state index contributed by atoms with van der Waals surface area (Å²) in [6, 6.07) is -0.681. The standard InChI is InChI=1S/C7H11N5O3/c1-5(7(14)15-2)9-6(13)3-12-4-8-10-11-12/h4-5H,3H2,1-2H3,(H,9,13)/t5-/m1/s1. The fraction of sp³-hybridized carbons (Fsp3) is 0.571. The number of ether oxygens (including phenoxy) is 1. The van der Waals surface area contributed by atoms with Gasteiger partial charge in [-0.2, -0.15) is 0 Å². The summed E-state index contributed by atoms with van der Waals surface area (Å²) in [6.45, 7) is 1.50. The molecule has 8 nitrogen and oxygen atoms in total. The molecule has 0 saturated carbocycles. The summed E-state index contributed by atoms with van der Waals surface area (Å²) in [7, 11) is 1.26. The number of carbonyl (C=O) groups is 2. The van der Waals surface area contributed by atoms with Crippen LogP contribution in [-0.2, 0) is 20.9 Å². The molecule has 0 radical (unpaired) electrons. The highest BCUT2D eigenvalue weighted by Crippen LogP contribution is 1.87. The largest absolute Gasteiger partial charge is 0.467 e. The van der Waals surface area contributed by atoms with Crippen LogP contribution in [0.3, 0.4) is 0 Å². The molecule has 1 rings (SSSR count). The van der Waals surface area contributed by atoms with Gasteiger partial charge in [0, 0.05) is 0 Å². The van der Waals surface area contributed by atoms with E-state index in [0.29, 0.717) is 0 Å². The highest BCUT2D eigenvalue weighted by atomic mass is 16.5. The SMILES string of the molecule is COC(=O)[C@@H](C)NC(=O)Cn1cnnn1. The zero-order valence-electron chi connectivity index (χ0n) is 8.38. The third-order valence-corrected chi connectivity index (χ3v) is 1.63. The van der Waals surface area contributed by atoms with Crippen LogP contribution < -0.4 is 5.32 Å². The van der Waals surface area contributed by atoms with Gasteiger partial charge in [0.25, 0.3) is 0 Å². The summed E-state index contributed by atoms with van der Waals surface area (Å²) in [5.74, 6) is -0.861. The summed E-state index contributed by atoms with van der Waals surface area (Å²) >= 11 is 0. The molecule has 0 aliphatic carbocycles. The van der Waals surface area contributed by atoms with Crippen LogP contribution >= 0.6 is 0 Å². The van der Waals surface area contributed by atoms with Crippen molar-refractivity contribution in [1.29, 1.82) is 0 Å². The third kappa shape index (κ3) is 3.33. The first kappa shape index (κ1) is 11.1. The van der Waals surface area contributed by atoms with Gasteiger partial charge in [-0.15, -0.1) is 5.10 Å². The van der Waals surface area contributed by atoms with Gasteiger partial charge < -0.3 is 10.1 Å². The fourth-order valence-electron chi connectivity index (χ4n) is 0.923. The Morgan fingerprint density at radius 2 is 2.33 bits per heavy atom. The van der Waals surface area contributed by atoms with Gasteiger partial charge in [0.2, 0.25) is 5.91 Å². The van der Waals surface area contributed by atoms with E-state index in [0.717, 1.165) is 0 Å². The van der Waals surface area contributed by atoms with E-state index < -0.39 is 12.0 Å². The quantitative estimate of drug-likeness (QED) is 0.601. The zero-order valence-corrected chi connectivity index (χ0v) is 8.38. The van der Waals surface area contributed by atoms with Crippen LogP contribution in [0.2, 0.25) is 0 Å². The summed E-state index contributed by atoms with van der Waals surface area (Å²) < 4.78 is 5.70. The Morgan fingerprint density at radius 1 is 1.60 bits per heavy atom. The van der Waals surface area contributed by atoms with Gasteiger partial charge in [-0.25, -0.2) is 9.48 Å². The van der Waals surface area contributed by atoms with Crippen molar-refractivity contribution < 1.29 is 14.3 Å². The molecule has 1 aromatic heterocycles. The van der Waals surface area contributed by atoms with E-state index in [1.807, 2.05) is 0 Å². The average Bonchev–Trinajstić information content (AvgIpc) is 2.68. The Balaban J connectivity index is 2.39. The van der Waals surface area contributed by atoms with Gasteiger partial charge in [0.15, 0.2) is 0 Å². The number of tetrazole rings is 1. The van der Waals surface area contributed by atoms with Crippen molar-refractivity contribution in [2.24, 2.45) is 0 Å². The molecule has 0 saturated heterocycles. The second kappa shape index (κ2) is 5.03. The molecule has 1 heterocycles. The molecule has 0 spiro atoms. The van der Waals surface area contributed by atoms with Gasteiger partial charge in [-0.1, -0.05) is 0 Å². The zero-order chi connectivity index (χ0) is 11.3. The maximum Gasteiger partial charge on any atom is 0.328 e. The second-order valence-electron chi connectivity index (χ2n) is 2.82. The minimum Gasteiger partial charge on any atom is -0.467 e. The van der Waals surface area contributed by atoms with E-state index >= 15 is 0 Å². The molecule has 1 amide bonds. The minimum atomic E-state index is -0.681. The van der Waals surface area contributed by atoms with Crippen LogP contribution in [0.1, 0.15) is 6.92 Å². The number of nitrogens with one attached hydrogen (secondary N) is 1. The number of hydrogen-bond donors (Lipinski definition) is 1. The minimum absolute atomic E-state index is 0.0334. The van der Waals surface area contributed by atoms with E-state index in [4.69, 9.17) is 0 Å². The van der Waals surface area contributed by atoms with Crippen molar-refractivity contribution in [1.82, 2.24) is 25.5 Å². The number of rotatable bonds is 4. The Kier molecular flexibility index (Phi) is 3.72. The topological polar surface area (TPSA) is 99.0 Å². The van der Waals surface area contributed by atoms with Gasteiger partial charge in [-0.05, 0) is 17.4 Å². The highest BCUT2D eigenvalue weighted by molar-refractivity contribution is 5.83. The van der Waals surface area contributed by atoms with Crippen molar-refractivity contribution in [3.05, 3.63) is 6.33 Å². The first-order valence-electron chi connectivity index (χ1n) is 4.21. The Morgan fingerprint density at radius 3 is 2.87 bits per heavy atom. The monoisotopic (exact) mass is 213 g/mol. The highest BCUT2D eigenvalue weighted by Gasteiger charge is 2.15. The van der Waals surface area contributed by atoms with Crippen LogP contribution in [0.5, 0.6) is 0 Å². The fourth-order valence-corrected chi connectivity index (χ4v) is 0.923. The number of nitrogens with zero attached hydrogens (tertiary/aromatic N) is 4. The molecule has 0 aliphatic rings. The van der Waals surface area contributed by atoms with Crippen molar-refractivity contribution in [3.8, 4) is 0 Å². The molecule has 1 atom stereocenters. The third-order valence-electron chi connectivity index (χ3n) is 1.63. The van der Waals surface area contributed by atoms with Gasteiger partial charge in [-0.3, -0.25) is 4.79 Å². The molecule has 1 aromatic rings. The van der Waals surface area contributed by atoms with E-state index in [9.17, 15) is 9.59 Å². The van der Waals surface area contributed by atoms with E-state index in [-0.39, 0.29) is 12.5 Å². The van der Waals surface area contributed by atoms with Gasteiger partial charge in [0.1, 0.15) is 18.9 Å². The lowest BCUT2D eigenvalue weighted by atomic mass is 10.3. The van der Waals surface area contributed by atoms with Crippen LogP contribution in [0.15, 0.2) is 6.33 Å². The van der Waals surface area contributed by atoms with Crippen molar-refractivity contribution in [3.63, 3.8) is 0 Å². The summed E-state index contributed by atoms with van der Waals surface area (Å²) in [4.78, 5) is 22.3. The average molecular weight is 213 g/mol. The predicted molar refractivity (Wildman–Crippen MR) is 47.4 cm³/mol. The number of esters is 1. The lowest BCUT2D eigenvalue weighted by Gasteiger charge is -2.10. The van der Waals surface area contributed by atoms with Crippen LogP contribution in [0.4, 0.5) is 0 Å². The lowest BCUT2D eigenvalue weighted by Crippen LogP contribution is -2.40. The molecular weight excluding hydrogens is 202 g/mol. The molecular formula is C7H11N5O3. The predicted octanol–water partition coefficient (Wildman–Crippen LogP) is -1.65. The summed E-state index contributed by atoms with van der Waals surface area (Å²) in [6.07, 6.45) is 1.31. The summed E-state index contributed by atoms with van der Waals surface area (Å²) in [5, 5.41) is 12.7. The first-order valence-corrected chi connectivity index (χ1v) is 4.21. The second-order valence-corrected chi connectivity index (χ2v) is 2.82. The Hall–Kier alpha value is -1.99. The van der Waals surface area contributed by atoms with Crippen LogP contribution in [0.25, 0.3) is 0 Å². The number of hydrogen-bond acceptors (Lipinski definition) is 6. The summed E-state index contributed by atoms with van der Waals surface area (Å²) in [5.41, 5.74) is 0. The first-order chi connectivity index (χ1) is 7.13. The van der Waals surface area contributed by atoms with Gasteiger partial charge in [0.05, 0.1) is 7.11 Å². The molecule has 82 valence electrons. The molecule has 15 heavy (non-hydrogen) atoms. The lowest BCUT2D eigenvalue weighted by molar-refractivity contribution is -0.144. The van der Waals surface area contributed by atoms with E-state index in [1.54, 1.807) is 0 Å². The van der Waals surface area contributed by atoms with Gasteiger partial charge >= 0.3 is 5.97 Å². The molecule has 0 unspecified atom stereocenters. The van der Waals surface area contributed by atoms with Crippen LogP contribution in [-0.4, -0.2) is 45.2 Å². The van der Waals surface area contributed by atoms with E-state index in [1.165, 1.54) is 25.0 Å². The molecule has 0 bridgehead atoms. The number of carbonyl (C=O) groups excluding carboxylic acids is 2. The molecule has 1 N–H and O–H groups in total. The Bertz CT molecular complexity index is 336. The van der Waals surface area contributed by atoms with Crippen LogP contribution in [0, 0.1) is 0 Å². The van der Waals surface area contributed by atoms with Crippen molar-refractivity contribution >= 4 is 11.9 Å². The van der Waals surface area contributed by atoms with E-state index in [2.05, 4.69) is 25.6 Å². The van der Waals surface area contributed by atoms with Crippen molar-refractivity contribution in [2.45, 2.75) is 19.5 Å². The number of aromatic nitrogens is 4. The molecule has 8 heteroatoms.